The third-order valence-corrected chi connectivity index (χ3v) is 7.24. The Morgan fingerprint density at radius 1 is 1.06 bits per heavy atom. The van der Waals surface area contributed by atoms with Crippen molar-refractivity contribution in [2.45, 2.75) is 43.0 Å². The van der Waals surface area contributed by atoms with E-state index in [0.29, 0.717) is 33.7 Å². The molecule has 11 heteroatoms. The Labute approximate surface area is 206 Å². The smallest absolute Gasteiger partial charge is 0.332 e. The van der Waals surface area contributed by atoms with Crippen molar-refractivity contribution < 1.29 is 14.3 Å². The van der Waals surface area contributed by atoms with Gasteiger partial charge >= 0.3 is 5.69 Å². The van der Waals surface area contributed by atoms with Gasteiger partial charge < -0.3 is 14.8 Å². The number of methoxy groups -OCH3 is 2. The molecule has 1 aromatic carbocycles. The van der Waals surface area contributed by atoms with Crippen LogP contribution in [-0.2, 0) is 18.9 Å². The molecule has 1 N–H and O–H groups in total. The number of fused-ring (bicyclic) bond motifs is 1. The Morgan fingerprint density at radius 3 is 2.46 bits per heavy atom. The lowest BCUT2D eigenvalue weighted by atomic mass is 9.89. The summed E-state index contributed by atoms with van der Waals surface area (Å²) in [6, 6.07) is 5.10. The van der Waals surface area contributed by atoms with Gasteiger partial charge in [0, 0.05) is 31.8 Å². The molecule has 1 aliphatic rings. The lowest BCUT2D eigenvalue weighted by Crippen LogP contribution is -2.38. The SMILES string of the molecule is COc1ccc(NC(=O)CSc2nc(C3CCCCC3)nc3c2c(=O)n(C)c(=O)n3C)cc1OC. The predicted octanol–water partition coefficient (Wildman–Crippen LogP) is 2.82. The molecule has 10 nitrogen and oxygen atoms in total. The van der Waals surface area contributed by atoms with Gasteiger partial charge in [-0.2, -0.15) is 0 Å². The third kappa shape index (κ3) is 5.04. The van der Waals surface area contributed by atoms with Crippen LogP contribution < -0.4 is 26.0 Å². The number of nitrogens with zero attached hydrogens (tertiary/aromatic N) is 4. The quantitative estimate of drug-likeness (QED) is 0.390. The van der Waals surface area contributed by atoms with Crippen molar-refractivity contribution in [2.24, 2.45) is 14.1 Å². The van der Waals surface area contributed by atoms with Gasteiger partial charge in [0.05, 0.1) is 20.0 Å². The number of rotatable bonds is 7. The Morgan fingerprint density at radius 2 is 1.77 bits per heavy atom. The summed E-state index contributed by atoms with van der Waals surface area (Å²) < 4.78 is 12.9. The largest absolute Gasteiger partial charge is 0.493 e. The third-order valence-electron chi connectivity index (χ3n) is 6.26. The summed E-state index contributed by atoms with van der Waals surface area (Å²) in [5.74, 6) is 1.62. The van der Waals surface area contributed by atoms with Crippen LogP contribution in [0.25, 0.3) is 11.0 Å². The summed E-state index contributed by atoms with van der Waals surface area (Å²) in [5.41, 5.74) is -0.0579. The Kier molecular flexibility index (Phi) is 7.44. The van der Waals surface area contributed by atoms with Crippen LogP contribution in [0.3, 0.4) is 0 Å². The van der Waals surface area contributed by atoms with Crippen molar-refractivity contribution in [3.63, 3.8) is 0 Å². The fourth-order valence-electron chi connectivity index (χ4n) is 4.34. The number of carbonyl (C=O) groups excluding carboxylic acids is 1. The molecule has 2 aromatic heterocycles. The number of hydrogen-bond donors (Lipinski definition) is 1. The van der Waals surface area contributed by atoms with E-state index >= 15 is 0 Å². The van der Waals surface area contributed by atoms with Crippen LogP contribution in [0.4, 0.5) is 5.69 Å². The fourth-order valence-corrected chi connectivity index (χ4v) is 5.16. The molecule has 0 atom stereocenters. The lowest BCUT2D eigenvalue weighted by molar-refractivity contribution is -0.113. The normalized spacial score (nSPS) is 14.2. The molecule has 0 saturated heterocycles. The van der Waals surface area contributed by atoms with Gasteiger partial charge in [0.25, 0.3) is 5.56 Å². The molecule has 1 fully saturated rings. The first-order chi connectivity index (χ1) is 16.8. The maximum absolute atomic E-state index is 13.0. The molecule has 4 rings (SSSR count). The number of hydrogen-bond acceptors (Lipinski definition) is 8. The van der Waals surface area contributed by atoms with Gasteiger partial charge in [-0.05, 0) is 25.0 Å². The van der Waals surface area contributed by atoms with Gasteiger partial charge in [-0.15, -0.1) is 0 Å². The van der Waals surface area contributed by atoms with E-state index in [1.165, 1.54) is 25.1 Å². The number of benzene rings is 1. The number of carbonyl (C=O) groups is 1. The van der Waals surface area contributed by atoms with Crippen LogP contribution in [0.1, 0.15) is 43.8 Å². The summed E-state index contributed by atoms with van der Waals surface area (Å²) in [4.78, 5) is 47.7. The first-order valence-corrected chi connectivity index (χ1v) is 12.4. The summed E-state index contributed by atoms with van der Waals surface area (Å²) >= 11 is 1.16. The van der Waals surface area contributed by atoms with E-state index in [1.54, 1.807) is 32.4 Å². The van der Waals surface area contributed by atoms with Crippen LogP contribution in [0.2, 0.25) is 0 Å². The molecule has 35 heavy (non-hydrogen) atoms. The number of ether oxygens (including phenoxy) is 2. The number of thioether (sulfide) groups is 1. The molecule has 0 unspecified atom stereocenters. The highest BCUT2D eigenvalue weighted by Gasteiger charge is 2.23. The van der Waals surface area contributed by atoms with E-state index in [0.717, 1.165) is 42.0 Å². The molecule has 0 radical (unpaired) electrons. The number of anilines is 1. The molecule has 2 heterocycles. The van der Waals surface area contributed by atoms with Crippen LogP contribution in [-0.4, -0.2) is 45.0 Å². The van der Waals surface area contributed by atoms with E-state index in [9.17, 15) is 14.4 Å². The number of nitrogens with one attached hydrogen (secondary N) is 1. The zero-order chi connectivity index (χ0) is 25.1. The van der Waals surface area contributed by atoms with Crippen LogP contribution in [0, 0.1) is 0 Å². The highest BCUT2D eigenvalue weighted by molar-refractivity contribution is 8.00. The second-order valence-corrected chi connectivity index (χ2v) is 9.50. The molecule has 1 amide bonds. The molecule has 1 saturated carbocycles. The topological polar surface area (TPSA) is 117 Å². The van der Waals surface area contributed by atoms with E-state index in [-0.39, 0.29) is 23.0 Å². The van der Waals surface area contributed by atoms with Crippen molar-refractivity contribution in [1.82, 2.24) is 19.1 Å². The minimum atomic E-state index is -0.471. The molecule has 0 bridgehead atoms. The molecule has 0 aliphatic heterocycles. The van der Waals surface area contributed by atoms with Crippen molar-refractivity contribution in [3.8, 4) is 11.5 Å². The molecular weight excluding hydrogens is 470 g/mol. The van der Waals surface area contributed by atoms with Gasteiger partial charge in [0.1, 0.15) is 16.2 Å². The lowest BCUT2D eigenvalue weighted by Gasteiger charge is -2.21. The zero-order valence-electron chi connectivity index (χ0n) is 20.3. The minimum absolute atomic E-state index is 0.0244. The average molecular weight is 500 g/mol. The second kappa shape index (κ2) is 10.5. The summed E-state index contributed by atoms with van der Waals surface area (Å²) in [6.07, 6.45) is 5.30. The highest BCUT2D eigenvalue weighted by atomic mass is 32.2. The van der Waals surface area contributed by atoms with Gasteiger partial charge in [-0.25, -0.2) is 14.8 Å². The number of amides is 1. The van der Waals surface area contributed by atoms with E-state index in [4.69, 9.17) is 14.5 Å². The Hall–Kier alpha value is -3.34. The Balaban J connectivity index is 1.65. The van der Waals surface area contributed by atoms with Crippen LogP contribution in [0.15, 0.2) is 32.8 Å². The highest BCUT2D eigenvalue weighted by Crippen LogP contribution is 2.33. The maximum Gasteiger partial charge on any atom is 0.332 e. The van der Waals surface area contributed by atoms with Crippen LogP contribution >= 0.6 is 11.8 Å². The van der Waals surface area contributed by atoms with E-state index in [1.807, 2.05) is 0 Å². The Bertz CT molecular complexity index is 1380. The maximum atomic E-state index is 13.0. The summed E-state index contributed by atoms with van der Waals surface area (Å²) in [6.45, 7) is 0. The molecular formula is C24H29N5O5S. The number of aromatic nitrogens is 4. The summed E-state index contributed by atoms with van der Waals surface area (Å²) in [7, 11) is 6.09. The number of aryl methyl sites for hydroxylation is 1. The van der Waals surface area contributed by atoms with Crippen molar-refractivity contribution in [2.75, 3.05) is 25.3 Å². The van der Waals surface area contributed by atoms with Gasteiger partial charge in [-0.1, -0.05) is 31.0 Å². The molecule has 0 spiro atoms. The molecule has 1 aliphatic carbocycles. The first-order valence-electron chi connectivity index (χ1n) is 11.5. The summed E-state index contributed by atoms with van der Waals surface area (Å²) in [5, 5.41) is 3.49. The van der Waals surface area contributed by atoms with Crippen molar-refractivity contribution >= 4 is 34.4 Å². The second-order valence-electron chi connectivity index (χ2n) is 8.53. The minimum Gasteiger partial charge on any atom is -0.493 e. The van der Waals surface area contributed by atoms with E-state index in [2.05, 4.69) is 10.3 Å². The monoisotopic (exact) mass is 499 g/mol. The standard InChI is InChI=1S/C24H29N5O5S/c1-28-21-19(23(31)29(2)24(28)32)22(27-20(26-21)14-8-6-5-7-9-14)35-13-18(30)25-15-10-11-16(33-3)17(12-15)34-4/h10-12,14H,5-9,13H2,1-4H3,(H,25,30). The van der Waals surface area contributed by atoms with E-state index < -0.39 is 11.2 Å². The van der Waals surface area contributed by atoms with Gasteiger partial charge in [0.15, 0.2) is 17.1 Å². The van der Waals surface area contributed by atoms with Crippen molar-refractivity contribution in [3.05, 3.63) is 44.9 Å². The predicted molar refractivity (Wildman–Crippen MR) is 135 cm³/mol. The van der Waals surface area contributed by atoms with Gasteiger partial charge in [-0.3, -0.25) is 18.7 Å². The molecule has 3 aromatic rings. The van der Waals surface area contributed by atoms with Gasteiger partial charge in [0.2, 0.25) is 5.91 Å². The van der Waals surface area contributed by atoms with Crippen molar-refractivity contribution in [1.29, 1.82) is 0 Å². The van der Waals surface area contributed by atoms with Crippen LogP contribution in [0.5, 0.6) is 11.5 Å². The molecule has 186 valence electrons. The average Bonchev–Trinajstić information content (AvgIpc) is 2.89. The fraction of sp³-hybridized carbons (Fsp3) is 0.458. The first kappa shape index (κ1) is 24.8. The zero-order valence-corrected chi connectivity index (χ0v) is 21.1.